The monoisotopic (exact) mass is 390 g/mol. The van der Waals surface area contributed by atoms with Crippen LogP contribution >= 0.6 is 0 Å². The Morgan fingerprint density at radius 2 is 1.17 bits per heavy atom. The lowest BCUT2D eigenvalue weighted by molar-refractivity contribution is -0.0309. The molecule has 4 nitrogen and oxygen atoms in total. The van der Waals surface area contributed by atoms with Crippen molar-refractivity contribution < 1.29 is 9.47 Å². The molecule has 0 aliphatic carbocycles. The van der Waals surface area contributed by atoms with E-state index in [9.17, 15) is 0 Å². The number of benzene rings is 2. The Bertz CT molecular complexity index is 842. The molecule has 4 aliphatic rings. The van der Waals surface area contributed by atoms with Crippen LogP contribution in [0.5, 0.6) is 0 Å². The van der Waals surface area contributed by atoms with Gasteiger partial charge in [-0.1, -0.05) is 48.5 Å². The van der Waals surface area contributed by atoms with Gasteiger partial charge in [-0.2, -0.15) is 0 Å². The molecule has 6 rings (SSSR count). The standard InChI is InChI=1S/C25H30N2O2/c1-3-8-22-20(6-1)16-28-24(22)10-14-26(18-24)12-5-13-27-15-11-25(19-27)23-9-4-2-7-21(23)17-29-25/h1-4,6-9H,5,10-19H2/t24-,25-/m1/s1. The van der Waals surface area contributed by atoms with E-state index < -0.39 is 0 Å². The molecular weight excluding hydrogens is 360 g/mol. The van der Waals surface area contributed by atoms with Crippen molar-refractivity contribution in [1.82, 2.24) is 9.80 Å². The molecule has 4 heteroatoms. The van der Waals surface area contributed by atoms with E-state index in [-0.39, 0.29) is 11.2 Å². The van der Waals surface area contributed by atoms with E-state index in [0.717, 1.165) is 65.3 Å². The van der Waals surface area contributed by atoms with Crippen molar-refractivity contribution in [2.75, 3.05) is 39.3 Å². The zero-order valence-corrected chi connectivity index (χ0v) is 17.1. The first-order valence-corrected chi connectivity index (χ1v) is 11.2. The molecule has 0 bridgehead atoms. The summed E-state index contributed by atoms with van der Waals surface area (Å²) in [4.78, 5) is 5.21. The maximum absolute atomic E-state index is 6.31. The SMILES string of the molecule is c1ccc2c(c1)CO[C@@]21CCN(CCCN2CC[C@]3(C2)OCc2ccccc23)C1. The Kier molecular flexibility index (Phi) is 4.31. The largest absolute Gasteiger partial charge is 0.364 e. The molecule has 2 spiro atoms. The predicted molar refractivity (Wildman–Crippen MR) is 113 cm³/mol. The molecule has 0 saturated carbocycles. The molecule has 0 radical (unpaired) electrons. The summed E-state index contributed by atoms with van der Waals surface area (Å²) in [6.07, 6.45) is 3.47. The minimum Gasteiger partial charge on any atom is -0.364 e. The second kappa shape index (κ2) is 6.92. The summed E-state index contributed by atoms with van der Waals surface area (Å²) in [6, 6.07) is 17.6. The van der Waals surface area contributed by atoms with E-state index in [2.05, 4.69) is 58.3 Å². The molecule has 0 N–H and O–H groups in total. The maximum atomic E-state index is 6.31. The molecular formula is C25H30N2O2. The Labute approximate surface area is 173 Å². The first kappa shape index (κ1) is 18.1. The van der Waals surface area contributed by atoms with E-state index in [1.165, 1.54) is 28.7 Å². The maximum Gasteiger partial charge on any atom is 0.108 e. The molecule has 0 amide bonds. The van der Waals surface area contributed by atoms with Gasteiger partial charge in [-0.3, -0.25) is 9.80 Å². The highest BCUT2D eigenvalue weighted by Crippen LogP contribution is 2.44. The molecule has 0 unspecified atom stereocenters. The summed E-state index contributed by atoms with van der Waals surface area (Å²) >= 11 is 0. The number of hydrogen-bond donors (Lipinski definition) is 0. The van der Waals surface area contributed by atoms with Crippen LogP contribution in [0.2, 0.25) is 0 Å². The predicted octanol–water partition coefficient (Wildman–Crippen LogP) is 3.64. The molecule has 29 heavy (non-hydrogen) atoms. The van der Waals surface area contributed by atoms with Crippen LogP contribution in [0.4, 0.5) is 0 Å². The fourth-order valence-corrected chi connectivity index (χ4v) is 6.06. The van der Waals surface area contributed by atoms with Gasteiger partial charge in [0.2, 0.25) is 0 Å². The number of fused-ring (bicyclic) bond motifs is 4. The summed E-state index contributed by atoms with van der Waals surface area (Å²) in [7, 11) is 0. The van der Waals surface area contributed by atoms with Crippen LogP contribution in [0.1, 0.15) is 41.5 Å². The van der Waals surface area contributed by atoms with Crippen molar-refractivity contribution >= 4 is 0 Å². The summed E-state index contributed by atoms with van der Waals surface area (Å²) in [5.74, 6) is 0. The van der Waals surface area contributed by atoms with Gasteiger partial charge in [0.05, 0.1) is 13.2 Å². The van der Waals surface area contributed by atoms with Crippen LogP contribution in [0, 0.1) is 0 Å². The van der Waals surface area contributed by atoms with E-state index in [1.807, 2.05) is 0 Å². The van der Waals surface area contributed by atoms with Gasteiger partial charge in [0.1, 0.15) is 11.2 Å². The van der Waals surface area contributed by atoms with Crippen molar-refractivity contribution in [3.8, 4) is 0 Å². The summed E-state index contributed by atoms with van der Waals surface area (Å²) in [6.45, 7) is 8.27. The van der Waals surface area contributed by atoms with E-state index in [1.54, 1.807) is 0 Å². The van der Waals surface area contributed by atoms with Crippen molar-refractivity contribution in [1.29, 1.82) is 0 Å². The fraction of sp³-hybridized carbons (Fsp3) is 0.520. The van der Waals surface area contributed by atoms with Crippen molar-refractivity contribution in [2.45, 2.75) is 43.7 Å². The van der Waals surface area contributed by atoms with Gasteiger partial charge in [-0.05, 0) is 54.6 Å². The zero-order chi connectivity index (χ0) is 19.3. The Morgan fingerprint density at radius 1 is 0.690 bits per heavy atom. The second-order valence-electron chi connectivity index (χ2n) is 9.29. The second-order valence-corrected chi connectivity index (χ2v) is 9.29. The first-order chi connectivity index (χ1) is 14.3. The molecule has 0 aromatic heterocycles. The quantitative estimate of drug-likeness (QED) is 0.796. The van der Waals surface area contributed by atoms with Gasteiger partial charge in [-0.15, -0.1) is 0 Å². The minimum absolute atomic E-state index is 0.0459. The fourth-order valence-electron chi connectivity index (χ4n) is 6.06. The third kappa shape index (κ3) is 2.97. The molecule has 2 fully saturated rings. The molecule has 2 saturated heterocycles. The van der Waals surface area contributed by atoms with Gasteiger partial charge in [0.25, 0.3) is 0 Å². The molecule has 2 aromatic carbocycles. The van der Waals surface area contributed by atoms with Gasteiger partial charge < -0.3 is 9.47 Å². The van der Waals surface area contributed by atoms with Crippen molar-refractivity contribution in [2.24, 2.45) is 0 Å². The Morgan fingerprint density at radius 3 is 1.69 bits per heavy atom. The van der Waals surface area contributed by atoms with Crippen molar-refractivity contribution in [3.63, 3.8) is 0 Å². The van der Waals surface area contributed by atoms with Crippen LogP contribution in [-0.4, -0.2) is 49.1 Å². The highest BCUT2D eigenvalue weighted by Gasteiger charge is 2.46. The van der Waals surface area contributed by atoms with Gasteiger partial charge in [-0.25, -0.2) is 0 Å². The first-order valence-electron chi connectivity index (χ1n) is 11.2. The number of likely N-dealkylation sites (tertiary alicyclic amines) is 2. The number of hydrogen-bond acceptors (Lipinski definition) is 4. The zero-order valence-electron chi connectivity index (χ0n) is 17.1. The molecule has 4 aliphatic heterocycles. The lowest BCUT2D eigenvalue weighted by atomic mass is 9.92. The highest BCUT2D eigenvalue weighted by molar-refractivity contribution is 5.37. The van der Waals surface area contributed by atoms with E-state index in [4.69, 9.17) is 9.47 Å². The third-order valence-corrected chi connectivity index (χ3v) is 7.59. The summed E-state index contributed by atoms with van der Waals surface area (Å²) in [5, 5.41) is 0. The van der Waals surface area contributed by atoms with Crippen LogP contribution in [-0.2, 0) is 33.9 Å². The topological polar surface area (TPSA) is 24.9 Å². The normalized spacial score (nSPS) is 31.2. The minimum atomic E-state index is -0.0459. The summed E-state index contributed by atoms with van der Waals surface area (Å²) < 4.78 is 12.6. The average Bonchev–Trinajstić information content (AvgIpc) is 3.53. The molecule has 2 aromatic rings. The van der Waals surface area contributed by atoms with E-state index >= 15 is 0 Å². The number of ether oxygens (including phenoxy) is 2. The van der Waals surface area contributed by atoms with Crippen LogP contribution in [0.15, 0.2) is 48.5 Å². The lowest BCUT2D eigenvalue weighted by Gasteiger charge is -2.26. The average molecular weight is 391 g/mol. The third-order valence-electron chi connectivity index (χ3n) is 7.59. The molecule has 152 valence electrons. The summed E-state index contributed by atoms with van der Waals surface area (Å²) in [5.41, 5.74) is 5.54. The van der Waals surface area contributed by atoms with E-state index in [0.29, 0.717) is 0 Å². The Balaban J connectivity index is 1.03. The number of rotatable bonds is 4. The van der Waals surface area contributed by atoms with Crippen molar-refractivity contribution in [3.05, 3.63) is 70.8 Å². The van der Waals surface area contributed by atoms with Gasteiger partial charge in [0.15, 0.2) is 0 Å². The highest BCUT2D eigenvalue weighted by atomic mass is 16.5. The lowest BCUT2D eigenvalue weighted by Crippen LogP contribution is -2.34. The van der Waals surface area contributed by atoms with Crippen LogP contribution < -0.4 is 0 Å². The Hall–Kier alpha value is -1.72. The smallest absolute Gasteiger partial charge is 0.108 e. The molecule has 2 atom stereocenters. The molecule has 4 heterocycles. The van der Waals surface area contributed by atoms with Crippen LogP contribution in [0.25, 0.3) is 0 Å². The van der Waals surface area contributed by atoms with Crippen LogP contribution in [0.3, 0.4) is 0 Å². The van der Waals surface area contributed by atoms with Gasteiger partial charge in [0, 0.05) is 26.2 Å². The van der Waals surface area contributed by atoms with Gasteiger partial charge >= 0.3 is 0 Å². The number of nitrogens with zero attached hydrogens (tertiary/aromatic N) is 2.